The summed E-state index contributed by atoms with van der Waals surface area (Å²) in [7, 11) is 0. The zero-order chi connectivity index (χ0) is 18.7. The molecule has 1 heterocycles. The average molecular weight is 392 g/mol. The lowest BCUT2D eigenvalue weighted by molar-refractivity contribution is 0.147. The Balaban J connectivity index is 1.67. The van der Waals surface area contributed by atoms with Gasteiger partial charge in [0.1, 0.15) is 23.9 Å². The maximum atomic E-state index is 11.6. The van der Waals surface area contributed by atoms with E-state index in [0.717, 1.165) is 5.56 Å². The second-order valence-corrected chi connectivity index (χ2v) is 6.45. The Kier molecular flexibility index (Phi) is 5.40. The highest BCUT2D eigenvalue weighted by Gasteiger charge is 2.07. The van der Waals surface area contributed by atoms with Crippen LogP contribution in [0.25, 0.3) is 0 Å². The van der Waals surface area contributed by atoms with Crippen molar-refractivity contribution >= 4 is 23.2 Å². The summed E-state index contributed by atoms with van der Waals surface area (Å²) in [5, 5.41) is 10.7. The van der Waals surface area contributed by atoms with E-state index in [-0.39, 0.29) is 6.61 Å². The van der Waals surface area contributed by atoms with E-state index in [1.807, 2.05) is 0 Å². The van der Waals surface area contributed by atoms with Gasteiger partial charge in [-0.3, -0.25) is 4.79 Å². The molecule has 3 rings (SSSR count). The van der Waals surface area contributed by atoms with Gasteiger partial charge < -0.3 is 14.7 Å². The number of aromatic nitrogens is 1. The van der Waals surface area contributed by atoms with Gasteiger partial charge >= 0.3 is 0 Å². The van der Waals surface area contributed by atoms with Crippen LogP contribution in [-0.4, -0.2) is 9.94 Å². The lowest BCUT2D eigenvalue weighted by Crippen LogP contribution is -2.21. The van der Waals surface area contributed by atoms with Crippen molar-refractivity contribution in [3.63, 3.8) is 0 Å². The van der Waals surface area contributed by atoms with Gasteiger partial charge in [0.05, 0.1) is 10.7 Å². The minimum absolute atomic E-state index is 0.0522. The predicted octanol–water partition coefficient (Wildman–Crippen LogP) is 5.07. The number of hydrogen-bond acceptors (Lipinski definition) is 4. The van der Waals surface area contributed by atoms with Crippen molar-refractivity contribution < 1.29 is 14.7 Å². The summed E-state index contributed by atoms with van der Waals surface area (Å²) in [5.41, 5.74) is 0.623. The number of rotatable bonds is 5. The van der Waals surface area contributed by atoms with E-state index in [1.165, 1.54) is 6.07 Å². The standard InChI is InChI=1S/C19H15Cl2NO4/c1-12-8-14(22(24)19(23)9-12)11-25-15-3-5-16(6-4-15)26-18-7-2-13(20)10-17(18)21/h2-10,24H,11H2,1H3. The van der Waals surface area contributed by atoms with Gasteiger partial charge in [-0.15, -0.1) is 4.73 Å². The highest BCUT2D eigenvalue weighted by atomic mass is 35.5. The van der Waals surface area contributed by atoms with Crippen LogP contribution < -0.4 is 15.0 Å². The number of halogens is 2. The summed E-state index contributed by atoms with van der Waals surface area (Å²) in [4.78, 5) is 11.6. The van der Waals surface area contributed by atoms with Gasteiger partial charge in [0.15, 0.2) is 0 Å². The molecule has 0 aliphatic rings. The molecule has 1 aromatic heterocycles. The third-order valence-corrected chi connectivity index (χ3v) is 4.09. The molecular formula is C19H15Cl2NO4. The third kappa shape index (κ3) is 4.31. The number of nitrogens with zero attached hydrogens (tertiary/aromatic N) is 1. The molecule has 0 saturated heterocycles. The molecule has 0 bridgehead atoms. The van der Waals surface area contributed by atoms with E-state index in [4.69, 9.17) is 32.7 Å². The van der Waals surface area contributed by atoms with Crippen LogP contribution in [0.5, 0.6) is 17.2 Å². The van der Waals surface area contributed by atoms with Crippen molar-refractivity contribution in [2.24, 2.45) is 0 Å². The van der Waals surface area contributed by atoms with E-state index >= 15 is 0 Å². The topological polar surface area (TPSA) is 60.7 Å². The van der Waals surface area contributed by atoms with Gasteiger partial charge in [-0.25, -0.2) is 0 Å². The third-order valence-electron chi connectivity index (χ3n) is 3.56. The first-order valence-corrected chi connectivity index (χ1v) is 8.45. The number of aryl methyl sites for hydroxylation is 1. The zero-order valence-electron chi connectivity index (χ0n) is 13.8. The van der Waals surface area contributed by atoms with Crippen LogP contribution in [0.2, 0.25) is 10.0 Å². The second kappa shape index (κ2) is 7.72. The number of ether oxygens (including phenoxy) is 2. The van der Waals surface area contributed by atoms with Gasteiger partial charge in [-0.05, 0) is 61.0 Å². The van der Waals surface area contributed by atoms with Crippen molar-refractivity contribution in [3.8, 4) is 17.2 Å². The Bertz CT molecular complexity index is 984. The molecular weight excluding hydrogens is 377 g/mol. The monoisotopic (exact) mass is 391 g/mol. The van der Waals surface area contributed by atoms with Gasteiger partial charge in [0, 0.05) is 11.1 Å². The molecule has 26 heavy (non-hydrogen) atoms. The Hall–Kier alpha value is -2.63. The lowest BCUT2D eigenvalue weighted by Gasteiger charge is -2.11. The highest BCUT2D eigenvalue weighted by Crippen LogP contribution is 2.32. The molecule has 0 fully saturated rings. The van der Waals surface area contributed by atoms with Gasteiger partial charge in [0.25, 0.3) is 5.56 Å². The quantitative estimate of drug-likeness (QED) is 0.616. The minimum atomic E-state index is -0.493. The van der Waals surface area contributed by atoms with Gasteiger partial charge in [0.2, 0.25) is 0 Å². The van der Waals surface area contributed by atoms with E-state index < -0.39 is 5.56 Å². The summed E-state index contributed by atoms with van der Waals surface area (Å²) in [6.45, 7) is 1.83. The Morgan fingerprint density at radius 1 is 1.00 bits per heavy atom. The Labute approximate surface area is 159 Å². The zero-order valence-corrected chi connectivity index (χ0v) is 15.3. The fourth-order valence-electron chi connectivity index (χ4n) is 2.31. The van der Waals surface area contributed by atoms with Crippen molar-refractivity contribution in [2.75, 3.05) is 0 Å². The van der Waals surface area contributed by atoms with Crippen molar-refractivity contribution in [2.45, 2.75) is 13.5 Å². The molecule has 0 unspecified atom stereocenters. The van der Waals surface area contributed by atoms with Crippen LogP contribution in [0.1, 0.15) is 11.3 Å². The molecule has 7 heteroatoms. The van der Waals surface area contributed by atoms with Crippen molar-refractivity contribution in [1.82, 2.24) is 4.73 Å². The summed E-state index contributed by atoms with van der Waals surface area (Å²) < 4.78 is 11.9. The molecule has 0 spiro atoms. The fraction of sp³-hybridized carbons (Fsp3) is 0.105. The van der Waals surface area contributed by atoms with E-state index in [0.29, 0.717) is 37.7 Å². The summed E-state index contributed by atoms with van der Waals surface area (Å²) >= 11 is 11.9. The Morgan fingerprint density at radius 2 is 1.69 bits per heavy atom. The number of hydrogen-bond donors (Lipinski definition) is 1. The average Bonchev–Trinajstić information content (AvgIpc) is 2.60. The maximum absolute atomic E-state index is 11.6. The van der Waals surface area contributed by atoms with Crippen LogP contribution in [0.3, 0.4) is 0 Å². The molecule has 3 aromatic rings. The van der Waals surface area contributed by atoms with E-state index in [1.54, 1.807) is 55.5 Å². The second-order valence-electron chi connectivity index (χ2n) is 5.61. The molecule has 0 saturated carbocycles. The van der Waals surface area contributed by atoms with Crippen molar-refractivity contribution in [3.05, 3.63) is 86.3 Å². The summed E-state index contributed by atoms with van der Waals surface area (Å²) in [5.74, 6) is 1.64. The van der Waals surface area contributed by atoms with Gasteiger partial charge in [-0.2, -0.15) is 0 Å². The molecule has 0 aliphatic carbocycles. The first-order valence-electron chi connectivity index (χ1n) is 7.70. The Morgan fingerprint density at radius 3 is 2.38 bits per heavy atom. The van der Waals surface area contributed by atoms with Crippen LogP contribution >= 0.6 is 23.2 Å². The highest BCUT2D eigenvalue weighted by molar-refractivity contribution is 6.35. The first kappa shape index (κ1) is 18.2. The van der Waals surface area contributed by atoms with Crippen LogP contribution in [-0.2, 0) is 6.61 Å². The molecule has 5 nitrogen and oxygen atoms in total. The summed E-state index contributed by atoms with van der Waals surface area (Å²) in [6, 6.07) is 14.9. The molecule has 0 aliphatic heterocycles. The number of benzene rings is 2. The van der Waals surface area contributed by atoms with Gasteiger partial charge in [-0.1, -0.05) is 23.2 Å². The summed E-state index contributed by atoms with van der Waals surface area (Å²) in [6.07, 6.45) is 0. The van der Waals surface area contributed by atoms with E-state index in [2.05, 4.69) is 0 Å². The molecule has 134 valence electrons. The van der Waals surface area contributed by atoms with Crippen molar-refractivity contribution in [1.29, 1.82) is 0 Å². The van der Waals surface area contributed by atoms with E-state index in [9.17, 15) is 10.0 Å². The predicted molar refractivity (Wildman–Crippen MR) is 99.9 cm³/mol. The van der Waals surface area contributed by atoms with Crippen LogP contribution in [0, 0.1) is 6.92 Å². The smallest absolute Gasteiger partial charge is 0.283 e. The molecule has 0 radical (unpaired) electrons. The minimum Gasteiger partial charge on any atom is -0.487 e. The molecule has 1 N–H and O–H groups in total. The maximum Gasteiger partial charge on any atom is 0.283 e. The fourth-order valence-corrected chi connectivity index (χ4v) is 2.76. The largest absolute Gasteiger partial charge is 0.487 e. The molecule has 0 amide bonds. The number of pyridine rings is 1. The lowest BCUT2D eigenvalue weighted by atomic mass is 10.2. The molecule has 0 atom stereocenters. The normalized spacial score (nSPS) is 10.6. The molecule has 2 aromatic carbocycles. The van der Waals surface area contributed by atoms with Crippen LogP contribution in [0.4, 0.5) is 0 Å². The first-order chi connectivity index (χ1) is 12.4. The SMILES string of the molecule is Cc1cc(COc2ccc(Oc3ccc(Cl)cc3Cl)cc2)n(O)c(=O)c1. The van der Waals surface area contributed by atoms with Crippen LogP contribution in [0.15, 0.2) is 59.4 Å².